The lowest BCUT2D eigenvalue weighted by atomic mass is 9.94. The van der Waals surface area contributed by atoms with Crippen molar-refractivity contribution in [2.24, 2.45) is 10.4 Å². The summed E-state index contributed by atoms with van der Waals surface area (Å²) >= 11 is 4.46. The summed E-state index contributed by atoms with van der Waals surface area (Å²) in [6, 6.07) is 0. The van der Waals surface area contributed by atoms with E-state index in [2.05, 4.69) is 22.4 Å². The van der Waals surface area contributed by atoms with Crippen molar-refractivity contribution in [2.75, 3.05) is 46.2 Å². The Morgan fingerprint density at radius 3 is 2.57 bits per heavy atom. The smallest absolute Gasteiger partial charge is 0.308 e. The van der Waals surface area contributed by atoms with Crippen molar-refractivity contribution in [3.05, 3.63) is 0 Å². The molecule has 0 fully saturated rings. The molecule has 0 aromatic carbocycles. The number of nitrogens with zero attached hydrogens (tertiary/aromatic N) is 1. The number of thiocarbonyl (C=S) groups is 1. The van der Waals surface area contributed by atoms with Crippen molar-refractivity contribution in [3.63, 3.8) is 0 Å². The number of hydrogen-bond donors (Lipinski definition) is 1. The van der Waals surface area contributed by atoms with E-state index in [1.54, 1.807) is 6.92 Å². The van der Waals surface area contributed by atoms with Crippen LogP contribution in [0.2, 0.25) is 0 Å². The zero-order valence-corrected chi connectivity index (χ0v) is 13.6. The molecule has 0 aromatic heterocycles. The van der Waals surface area contributed by atoms with E-state index in [1.165, 1.54) is 0 Å². The standard InChI is InChI=1S/C14H25NO5S/c1-3-20-13(17)5-8-19-11-14(2,9-16)10-18-7-4-6-15-12-21/h16H,3-11H2,1-2H3. The molecule has 0 heterocycles. The Morgan fingerprint density at radius 2 is 2.00 bits per heavy atom. The van der Waals surface area contributed by atoms with Gasteiger partial charge in [-0.1, -0.05) is 6.92 Å². The maximum absolute atomic E-state index is 11.1. The van der Waals surface area contributed by atoms with Gasteiger partial charge in [-0.05, 0) is 25.6 Å². The minimum absolute atomic E-state index is 0.0511. The SMILES string of the molecule is CCOC(=O)CCOCC(C)(CO)COCCCN=C=S. The number of carbonyl (C=O) groups is 1. The second kappa shape index (κ2) is 12.9. The molecule has 0 saturated carbocycles. The fourth-order valence-corrected chi connectivity index (χ4v) is 1.54. The van der Waals surface area contributed by atoms with Crippen LogP contribution in [-0.4, -0.2) is 62.4 Å². The van der Waals surface area contributed by atoms with E-state index in [4.69, 9.17) is 14.2 Å². The first-order chi connectivity index (χ1) is 10.1. The van der Waals surface area contributed by atoms with Crippen LogP contribution >= 0.6 is 12.2 Å². The lowest BCUT2D eigenvalue weighted by Gasteiger charge is -2.26. The number of rotatable bonds is 13. The molecule has 6 nitrogen and oxygen atoms in total. The van der Waals surface area contributed by atoms with E-state index >= 15 is 0 Å². The summed E-state index contributed by atoms with van der Waals surface area (Å²) in [5, 5.41) is 11.7. The molecule has 0 aliphatic carbocycles. The maximum atomic E-state index is 11.1. The predicted octanol–water partition coefficient (Wildman–Crippen LogP) is 1.46. The summed E-state index contributed by atoms with van der Waals surface area (Å²) < 4.78 is 15.7. The number of ether oxygens (including phenoxy) is 3. The molecule has 0 spiro atoms. The van der Waals surface area contributed by atoms with Crippen molar-refractivity contribution in [3.8, 4) is 0 Å². The minimum atomic E-state index is -0.484. The zero-order valence-electron chi connectivity index (χ0n) is 12.8. The van der Waals surface area contributed by atoms with Gasteiger partial charge in [0.05, 0.1) is 51.2 Å². The molecule has 0 aromatic rings. The highest BCUT2D eigenvalue weighted by atomic mass is 32.1. The van der Waals surface area contributed by atoms with Crippen LogP contribution in [0.3, 0.4) is 0 Å². The molecule has 0 bridgehead atoms. The first-order valence-corrected chi connectivity index (χ1v) is 7.44. The Bertz CT molecular complexity index is 333. The Kier molecular flexibility index (Phi) is 12.3. The van der Waals surface area contributed by atoms with E-state index < -0.39 is 5.41 Å². The second-order valence-electron chi connectivity index (χ2n) is 4.96. The predicted molar refractivity (Wildman–Crippen MR) is 82.6 cm³/mol. The summed E-state index contributed by atoms with van der Waals surface area (Å²) in [6.07, 6.45) is 0.973. The molecule has 0 aliphatic rings. The van der Waals surface area contributed by atoms with E-state index in [1.807, 2.05) is 6.92 Å². The van der Waals surface area contributed by atoms with Gasteiger partial charge in [0.15, 0.2) is 0 Å². The van der Waals surface area contributed by atoms with E-state index in [0.717, 1.165) is 6.42 Å². The van der Waals surface area contributed by atoms with Gasteiger partial charge in [0, 0.05) is 12.0 Å². The van der Waals surface area contributed by atoms with E-state index in [0.29, 0.717) is 33.0 Å². The highest BCUT2D eigenvalue weighted by molar-refractivity contribution is 7.78. The largest absolute Gasteiger partial charge is 0.466 e. The van der Waals surface area contributed by atoms with E-state index in [-0.39, 0.29) is 25.6 Å². The lowest BCUT2D eigenvalue weighted by molar-refractivity contribution is -0.144. The van der Waals surface area contributed by atoms with Crippen LogP contribution in [0, 0.1) is 5.41 Å². The molecule has 7 heteroatoms. The normalized spacial score (nSPS) is 13.3. The number of aliphatic imine (C=N–C) groups is 1. The fourth-order valence-electron chi connectivity index (χ4n) is 1.45. The third-order valence-corrected chi connectivity index (χ3v) is 2.79. The van der Waals surface area contributed by atoms with Crippen LogP contribution < -0.4 is 0 Å². The molecule has 1 N–H and O–H groups in total. The molecule has 0 amide bonds. The zero-order chi connectivity index (χ0) is 16.0. The van der Waals surface area contributed by atoms with Crippen LogP contribution in [0.1, 0.15) is 26.7 Å². The van der Waals surface area contributed by atoms with Crippen molar-refractivity contribution < 1.29 is 24.1 Å². The number of aliphatic hydroxyl groups is 1. The molecular formula is C14H25NO5S. The number of aliphatic hydroxyl groups excluding tert-OH is 1. The molecule has 21 heavy (non-hydrogen) atoms. The highest BCUT2D eigenvalue weighted by Gasteiger charge is 2.24. The maximum Gasteiger partial charge on any atom is 0.308 e. The third-order valence-electron chi connectivity index (χ3n) is 2.66. The summed E-state index contributed by atoms with van der Waals surface area (Å²) in [5.41, 5.74) is -0.484. The van der Waals surface area contributed by atoms with Crippen LogP contribution in [-0.2, 0) is 19.0 Å². The fraction of sp³-hybridized carbons (Fsp3) is 0.857. The minimum Gasteiger partial charge on any atom is -0.466 e. The average molecular weight is 319 g/mol. The number of isothiocyanates is 1. The molecule has 1 unspecified atom stereocenters. The van der Waals surface area contributed by atoms with Gasteiger partial charge in [-0.15, -0.1) is 0 Å². The molecule has 0 rings (SSSR count). The molecule has 122 valence electrons. The van der Waals surface area contributed by atoms with Gasteiger partial charge in [0.1, 0.15) is 0 Å². The summed E-state index contributed by atoms with van der Waals surface area (Å²) in [6.45, 7) is 6.06. The van der Waals surface area contributed by atoms with E-state index in [9.17, 15) is 9.90 Å². The van der Waals surface area contributed by atoms with Gasteiger partial charge in [-0.25, -0.2) is 4.99 Å². The lowest BCUT2D eigenvalue weighted by Crippen LogP contribution is -2.33. The highest BCUT2D eigenvalue weighted by Crippen LogP contribution is 2.16. The second-order valence-corrected chi connectivity index (χ2v) is 5.14. The number of esters is 1. The first kappa shape index (κ1) is 20.1. The summed E-state index contributed by atoms with van der Waals surface area (Å²) in [4.78, 5) is 14.9. The van der Waals surface area contributed by atoms with Crippen LogP contribution in [0.15, 0.2) is 4.99 Å². The van der Waals surface area contributed by atoms with Gasteiger partial charge >= 0.3 is 5.97 Å². The van der Waals surface area contributed by atoms with Crippen molar-refractivity contribution in [1.82, 2.24) is 0 Å². The van der Waals surface area contributed by atoms with Crippen molar-refractivity contribution in [2.45, 2.75) is 26.7 Å². The summed E-state index contributed by atoms with van der Waals surface area (Å²) in [7, 11) is 0. The van der Waals surface area contributed by atoms with Gasteiger partial charge < -0.3 is 19.3 Å². The molecular weight excluding hydrogens is 294 g/mol. The topological polar surface area (TPSA) is 77.4 Å². The number of carbonyl (C=O) groups excluding carboxylic acids is 1. The quantitative estimate of drug-likeness (QED) is 0.240. The Labute approximate surface area is 131 Å². The molecule has 0 radical (unpaired) electrons. The van der Waals surface area contributed by atoms with Gasteiger partial charge in [0.25, 0.3) is 0 Å². The Morgan fingerprint density at radius 1 is 1.33 bits per heavy atom. The third kappa shape index (κ3) is 11.5. The Hall–Kier alpha value is -0.850. The van der Waals surface area contributed by atoms with Crippen LogP contribution in [0.25, 0.3) is 0 Å². The van der Waals surface area contributed by atoms with Gasteiger partial charge in [0.2, 0.25) is 0 Å². The average Bonchev–Trinajstić information content (AvgIpc) is 2.48. The van der Waals surface area contributed by atoms with Crippen molar-refractivity contribution in [1.29, 1.82) is 0 Å². The van der Waals surface area contributed by atoms with Gasteiger partial charge in [-0.3, -0.25) is 4.79 Å². The van der Waals surface area contributed by atoms with Crippen LogP contribution in [0.4, 0.5) is 0 Å². The molecule has 1 atom stereocenters. The van der Waals surface area contributed by atoms with Gasteiger partial charge in [-0.2, -0.15) is 0 Å². The molecule has 0 saturated heterocycles. The Balaban J connectivity index is 3.78. The summed E-state index contributed by atoms with van der Waals surface area (Å²) in [5.74, 6) is -0.279. The van der Waals surface area contributed by atoms with Crippen molar-refractivity contribution >= 4 is 23.3 Å². The molecule has 0 aliphatic heterocycles. The number of hydrogen-bond acceptors (Lipinski definition) is 7. The van der Waals surface area contributed by atoms with Crippen LogP contribution in [0.5, 0.6) is 0 Å². The first-order valence-electron chi connectivity index (χ1n) is 7.03. The monoisotopic (exact) mass is 319 g/mol.